The Morgan fingerprint density at radius 1 is 0.320 bits per heavy atom. The molecule has 0 aromatic heterocycles. The van der Waals surface area contributed by atoms with Crippen molar-refractivity contribution in [3.8, 4) is 74.4 Å². The van der Waals surface area contributed by atoms with Crippen LogP contribution < -0.4 is 57.5 Å². The van der Waals surface area contributed by atoms with Crippen molar-refractivity contribution in [3.05, 3.63) is 164 Å². The molecule has 2 aliphatic rings. The molecule has 0 N–H and O–H groups in total. The average molecular weight is 1010 g/mol. The number of ether oxygens (including phenoxy) is 8. The third kappa shape index (κ3) is 10.9. The number of hydrogen-bond donors (Lipinski definition) is 0. The van der Waals surface area contributed by atoms with E-state index in [1.165, 1.54) is 0 Å². The van der Waals surface area contributed by atoms with E-state index < -0.39 is 0 Å². The largest absolute Gasteiger partial charge is 0.497 e. The lowest BCUT2D eigenvalue weighted by atomic mass is 9.97. The van der Waals surface area contributed by atoms with Crippen LogP contribution >= 0.6 is 0 Å². The van der Waals surface area contributed by atoms with Gasteiger partial charge in [0.25, 0.3) is 0 Å². The Kier molecular flexibility index (Phi) is 15.2. The first-order chi connectivity index (χ1) is 36.3. The second kappa shape index (κ2) is 22.2. The average Bonchev–Trinajstić information content (AvgIpc) is 3.42. The van der Waals surface area contributed by atoms with Gasteiger partial charge < -0.3 is 57.5 Å². The summed E-state index contributed by atoms with van der Waals surface area (Å²) in [6.45, 7) is 13.0. The highest BCUT2D eigenvalue weighted by Crippen LogP contribution is 2.54. The van der Waals surface area contributed by atoms with Gasteiger partial charge in [0.05, 0.1) is 85.6 Å². The van der Waals surface area contributed by atoms with Gasteiger partial charge in [-0.1, -0.05) is 30.3 Å². The highest BCUT2D eigenvalue weighted by molar-refractivity contribution is 5.97. The zero-order valence-corrected chi connectivity index (χ0v) is 44.9. The van der Waals surface area contributed by atoms with Crippen LogP contribution in [0.25, 0.3) is 11.1 Å². The SMILES string of the molecule is COc1cccc(Oc2ccc3c(c2)N(C(C)C)c2ccc(-c4c(OC)cccc4OC(C)C)cc2N3C(C)C)c1.COc1cccc(Oc2ccc3c(c2)N(C)c2ccc(Oc4cccc(OC)c4)cc2N3C)c1. The Bertz CT molecular complexity index is 3200. The number of benzene rings is 8. The topological polar surface area (TPSA) is 86.8 Å². The zero-order chi connectivity index (χ0) is 52.9. The number of anilines is 8. The van der Waals surface area contributed by atoms with Crippen LogP contribution in [0.5, 0.6) is 63.2 Å². The third-order valence-electron chi connectivity index (χ3n) is 13.0. The van der Waals surface area contributed by atoms with Gasteiger partial charge in [-0.3, -0.25) is 0 Å². The van der Waals surface area contributed by atoms with Crippen molar-refractivity contribution >= 4 is 45.5 Å². The maximum absolute atomic E-state index is 6.29. The Balaban J connectivity index is 0.000000187. The molecular formula is C63H66N4O8. The predicted molar refractivity (Wildman–Crippen MR) is 303 cm³/mol. The smallest absolute Gasteiger partial charge is 0.131 e. The van der Waals surface area contributed by atoms with Gasteiger partial charge in [0.2, 0.25) is 0 Å². The lowest BCUT2D eigenvalue weighted by Gasteiger charge is -2.44. The van der Waals surface area contributed by atoms with Crippen LogP contribution in [0.15, 0.2) is 164 Å². The summed E-state index contributed by atoms with van der Waals surface area (Å²) in [6, 6.07) is 54.4. The maximum Gasteiger partial charge on any atom is 0.131 e. The van der Waals surface area contributed by atoms with E-state index in [4.69, 9.17) is 37.9 Å². The molecule has 10 rings (SSSR count). The Hall–Kier alpha value is -8.64. The molecule has 386 valence electrons. The van der Waals surface area contributed by atoms with E-state index in [0.29, 0.717) is 0 Å². The highest BCUT2D eigenvalue weighted by atomic mass is 16.5. The van der Waals surface area contributed by atoms with Gasteiger partial charge in [-0.05, 0) is 144 Å². The van der Waals surface area contributed by atoms with Gasteiger partial charge >= 0.3 is 0 Å². The second-order valence-electron chi connectivity index (χ2n) is 19.0. The molecule has 8 aromatic carbocycles. The first-order valence-corrected chi connectivity index (χ1v) is 25.2. The summed E-state index contributed by atoms with van der Waals surface area (Å²) in [7, 11) is 10.8. The van der Waals surface area contributed by atoms with Gasteiger partial charge in [-0.15, -0.1) is 0 Å². The molecule has 0 aliphatic carbocycles. The van der Waals surface area contributed by atoms with Crippen molar-refractivity contribution in [2.24, 2.45) is 0 Å². The van der Waals surface area contributed by atoms with Crippen LogP contribution in [0.1, 0.15) is 41.5 Å². The fourth-order valence-corrected chi connectivity index (χ4v) is 9.63. The molecule has 0 fully saturated rings. The second-order valence-corrected chi connectivity index (χ2v) is 19.0. The van der Waals surface area contributed by atoms with Crippen LogP contribution in [-0.2, 0) is 0 Å². The first-order valence-electron chi connectivity index (χ1n) is 25.2. The summed E-state index contributed by atoms with van der Waals surface area (Å²) in [5.41, 5.74) is 10.8. The first kappa shape index (κ1) is 51.3. The summed E-state index contributed by atoms with van der Waals surface area (Å²) < 4.78 is 46.5. The standard InChI is InChI=1S/C35H40N2O4.C28H26N2O4/c1-22(2)36-30-18-16-28(41-27-12-9-11-26(20-27)38-7)21-32(30)37(23(3)4)29-17-15-25(19-31(29)36)35-33(39-8)13-10-14-34(35)40-24(5)6;1-29-25-13-11-24(34-22-10-6-8-20(16-22)32-4)18-28(25)30(2)26-14-12-23(17-27(26)29)33-21-9-5-7-19(15-21)31-3/h9-24H,1-8H3;5-18H,1-4H3. The minimum absolute atomic E-state index is 0.0438. The molecule has 12 heteroatoms. The Morgan fingerprint density at radius 3 is 1.09 bits per heavy atom. The van der Waals surface area contributed by atoms with Gasteiger partial charge in [-0.25, -0.2) is 0 Å². The number of methoxy groups -OCH3 is 4. The summed E-state index contributed by atoms with van der Waals surface area (Å²) in [6.07, 6.45) is 0.0438. The molecule has 0 bridgehead atoms. The fraction of sp³-hybridized carbons (Fsp3) is 0.238. The van der Waals surface area contributed by atoms with Crippen molar-refractivity contribution < 1.29 is 37.9 Å². The molecule has 0 spiro atoms. The van der Waals surface area contributed by atoms with Gasteiger partial charge in [0.1, 0.15) is 63.2 Å². The molecule has 75 heavy (non-hydrogen) atoms. The third-order valence-corrected chi connectivity index (χ3v) is 13.0. The van der Waals surface area contributed by atoms with E-state index >= 15 is 0 Å². The van der Waals surface area contributed by atoms with Crippen molar-refractivity contribution in [2.75, 3.05) is 62.1 Å². The normalized spacial score (nSPS) is 12.3. The van der Waals surface area contributed by atoms with Crippen LogP contribution in [0.4, 0.5) is 45.5 Å². The van der Waals surface area contributed by atoms with Gasteiger partial charge in [0, 0.05) is 62.6 Å². The maximum atomic E-state index is 6.29. The molecule has 8 aromatic rings. The number of rotatable bonds is 15. The van der Waals surface area contributed by atoms with E-state index in [2.05, 4.69) is 116 Å². The predicted octanol–water partition coefficient (Wildman–Crippen LogP) is 16.5. The van der Waals surface area contributed by atoms with Gasteiger partial charge in [0.15, 0.2) is 0 Å². The Morgan fingerprint density at radius 2 is 0.680 bits per heavy atom. The van der Waals surface area contributed by atoms with Crippen molar-refractivity contribution in [3.63, 3.8) is 0 Å². The number of nitrogens with zero attached hydrogens (tertiary/aromatic N) is 4. The zero-order valence-electron chi connectivity index (χ0n) is 44.9. The van der Waals surface area contributed by atoms with E-state index in [9.17, 15) is 0 Å². The highest BCUT2D eigenvalue weighted by Gasteiger charge is 2.33. The van der Waals surface area contributed by atoms with Crippen molar-refractivity contribution in [1.29, 1.82) is 0 Å². The lowest BCUT2D eigenvalue weighted by molar-refractivity contribution is 0.242. The van der Waals surface area contributed by atoms with Crippen LogP contribution in [0, 0.1) is 0 Å². The van der Waals surface area contributed by atoms with Crippen LogP contribution in [0.2, 0.25) is 0 Å². The number of fused-ring (bicyclic) bond motifs is 4. The summed E-state index contributed by atoms with van der Waals surface area (Å²) in [5, 5.41) is 0. The molecular weight excluding hydrogens is 941 g/mol. The molecule has 0 radical (unpaired) electrons. The van der Waals surface area contributed by atoms with Crippen molar-refractivity contribution in [2.45, 2.75) is 59.7 Å². The van der Waals surface area contributed by atoms with E-state index in [0.717, 1.165) is 120 Å². The van der Waals surface area contributed by atoms with E-state index in [-0.39, 0.29) is 18.2 Å². The van der Waals surface area contributed by atoms with Crippen LogP contribution in [0.3, 0.4) is 0 Å². The monoisotopic (exact) mass is 1010 g/mol. The fourth-order valence-electron chi connectivity index (χ4n) is 9.63. The molecule has 12 nitrogen and oxygen atoms in total. The summed E-state index contributed by atoms with van der Waals surface area (Å²) in [4.78, 5) is 9.12. The van der Waals surface area contributed by atoms with Crippen LogP contribution in [-0.4, -0.2) is 60.7 Å². The quantitative estimate of drug-likeness (QED) is 0.0980. The summed E-state index contributed by atoms with van der Waals surface area (Å²) >= 11 is 0. The Labute approximate surface area is 441 Å². The van der Waals surface area contributed by atoms with E-state index in [1.807, 2.05) is 123 Å². The minimum Gasteiger partial charge on any atom is -0.497 e. The summed E-state index contributed by atoms with van der Waals surface area (Å²) in [5.74, 6) is 8.36. The van der Waals surface area contributed by atoms with Gasteiger partial charge in [-0.2, -0.15) is 0 Å². The van der Waals surface area contributed by atoms with Crippen molar-refractivity contribution in [1.82, 2.24) is 0 Å². The molecule has 0 saturated heterocycles. The molecule has 2 aliphatic heterocycles. The van der Waals surface area contributed by atoms with E-state index in [1.54, 1.807) is 28.4 Å². The molecule has 0 atom stereocenters. The molecule has 0 unspecified atom stereocenters. The molecule has 0 saturated carbocycles. The number of hydrogen-bond acceptors (Lipinski definition) is 12. The lowest BCUT2D eigenvalue weighted by Crippen LogP contribution is -2.36. The molecule has 0 amide bonds. The minimum atomic E-state index is 0.0438. The molecule has 2 heterocycles.